The van der Waals surface area contributed by atoms with Gasteiger partial charge in [0, 0.05) is 23.9 Å². The molecule has 1 aliphatic rings. The van der Waals surface area contributed by atoms with Crippen molar-refractivity contribution in [3.05, 3.63) is 28.2 Å². The summed E-state index contributed by atoms with van der Waals surface area (Å²) in [5, 5.41) is 10.0. The minimum atomic E-state index is 0.115. The molecular weight excluding hydrogens is 268 g/mol. The lowest BCUT2D eigenvalue weighted by atomic mass is 9.93. The number of rotatable bonds is 3. The van der Waals surface area contributed by atoms with Crippen molar-refractivity contribution in [1.82, 2.24) is 15.6 Å². The second-order valence-electron chi connectivity index (χ2n) is 6.09. The molecule has 0 aliphatic heterocycles. The van der Waals surface area contributed by atoms with Gasteiger partial charge in [0.15, 0.2) is 5.96 Å². The normalized spacial score (nSPS) is 16.7. The molecule has 1 aliphatic carbocycles. The van der Waals surface area contributed by atoms with Crippen LogP contribution in [0.25, 0.3) is 0 Å². The Bertz CT molecular complexity index is 488. The summed E-state index contributed by atoms with van der Waals surface area (Å²) in [7, 11) is 1.81. The first-order valence-corrected chi connectivity index (χ1v) is 7.94. The highest BCUT2D eigenvalue weighted by Crippen LogP contribution is 2.23. The van der Waals surface area contributed by atoms with Gasteiger partial charge in [0.05, 0.1) is 12.2 Å². The first-order chi connectivity index (χ1) is 9.49. The summed E-state index contributed by atoms with van der Waals surface area (Å²) in [6.45, 7) is 7.28. The molecule has 0 radical (unpaired) electrons. The van der Waals surface area contributed by atoms with Crippen molar-refractivity contribution in [1.29, 1.82) is 0 Å². The van der Waals surface area contributed by atoms with E-state index in [-0.39, 0.29) is 5.41 Å². The second kappa shape index (κ2) is 6.39. The van der Waals surface area contributed by atoms with Gasteiger partial charge in [0.2, 0.25) is 0 Å². The number of aliphatic imine (C=N–C) groups is 1. The zero-order valence-corrected chi connectivity index (χ0v) is 13.5. The minimum absolute atomic E-state index is 0.115. The van der Waals surface area contributed by atoms with Crippen LogP contribution in [0, 0.1) is 0 Å². The van der Waals surface area contributed by atoms with Crippen molar-refractivity contribution >= 4 is 17.3 Å². The maximum Gasteiger partial charge on any atom is 0.191 e. The SMILES string of the molecule is CN=C(NCc1nc(C(C)(C)C)cs1)NC1CC=CC1. The Morgan fingerprint density at radius 2 is 2.10 bits per heavy atom. The summed E-state index contributed by atoms with van der Waals surface area (Å²) in [4.78, 5) is 8.95. The summed E-state index contributed by atoms with van der Waals surface area (Å²) in [6, 6.07) is 0.475. The fourth-order valence-electron chi connectivity index (χ4n) is 2.02. The molecule has 0 atom stereocenters. The van der Waals surface area contributed by atoms with Gasteiger partial charge in [-0.25, -0.2) is 4.98 Å². The molecule has 0 bridgehead atoms. The van der Waals surface area contributed by atoms with E-state index in [0.29, 0.717) is 6.04 Å². The molecule has 5 heteroatoms. The summed E-state index contributed by atoms with van der Waals surface area (Å²) >= 11 is 1.70. The maximum absolute atomic E-state index is 4.68. The summed E-state index contributed by atoms with van der Waals surface area (Å²) in [5.41, 5.74) is 1.27. The average Bonchev–Trinajstić information content (AvgIpc) is 3.04. The highest BCUT2D eigenvalue weighted by molar-refractivity contribution is 7.09. The largest absolute Gasteiger partial charge is 0.353 e. The van der Waals surface area contributed by atoms with Crippen molar-refractivity contribution in [3.8, 4) is 0 Å². The molecule has 0 amide bonds. The smallest absolute Gasteiger partial charge is 0.191 e. The fraction of sp³-hybridized carbons (Fsp3) is 0.600. The van der Waals surface area contributed by atoms with Gasteiger partial charge in [0.1, 0.15) is 5.01 Å². The van der Waals surface area contributed by atoms with Crippen LogP contribution >= 0.6 is 11.3 Å². The molecular formula is C15H24N4S. The van der Waals surface area contributed by atoms with Crippen molar-refractivity contribution in [2.45, 2.75) is 51.6 Å². The third kappa shape index (κ3) is 4.07. The number of hydrogen-bond acceptors (Lipinski definition) is 3. The molecule has 110 valence electrons. The Hall–Kier alpha value is -1.36. The van der Waals surface area contributed by atoms with E-state index >= 15 is 0 Å². The van der Waals surface area contributed by atoms with Gasteiger partial charge in [-0.15, -0.1) is 11.3 Å². The van der Waals surface area contributed by atoms with E-state index in [0.717, 1.165) is 36.0 Å². The molecule has 0 saturated heterocycles. The van der Waals surface area contributed by atoms with Crippen LogP contribution in [0.2, 0.25) is 0 Å². The number of nitrogens with zero attached hydrogens (tertiary/aromatic N) is 2. The second-order valence-corrected chi connectivity index (χ2v) is 7.03. The van der Waals surface area contributed by atoms with E-state index in [1.54, 1.807) is 18.4 Å². The lowest BCUT2D eigenvalue weighted by molar-refractivity contribution is 0.570. The predicted molar refractivity (Wildman–Crippen MR) is 86.3 cm³/mol. The van der Waals surface area contributed by atoms with E-state index < -0.39 is 0 Å². The van der Waals surface area contributed by atoms with Crippen molar-refractivity contribution < 1.29 is 0 Å². The molecule has 4 nitrogen and oxygen atoms in total. The maximum atomic E-state index is 4.68. The van der Waals surface area contributed by atoms with E-state index in [1.807, 2.05) is 0 Å². The van der Waals surface area contributed by atoms with Crippen LogP contribution in [0.15, 0.2) is 22.5 Å². The van der Waals surface area contributed by atoms with Crippen LogP contribution in [0.1, 0.15) is 44.3 Å². The summed E-state index contributed by atoms with van der Waals surface area (Å²) in [5.74, 6) is 0.853. The van der Waals surface area contributed by atoms with Gasteiger partial charge in [-0.2, -0.15) is 0 Å². The van der Waals surface area contributed by atoms with Crippen LogP contribution in [0.5, 0.6) is 0 Å². The van der Waals surface area contributed by atoms with E-state index in [2.05, 4.69) is 58.9 Å². The van der Waals surface area contributed by atoms with Crippen molar-refractivity contribution in [3.63, 3.8) is 0 Å². The monoisotopic (exact) mass is 292 g/mol. The van der Waals surface area contributed by atoms with Gasteiger partial charge < -0.3 is 10.6 Å². The standard InChI is InChI=1S/C15H24N4S/c1-15(2,3)12-10-20-13(19-12)9-17-14(16-4)18-11-7-5-6-8-11/h5-6,10-11H,7-9H2,1-4H3,(H2,16,17,18). The molecule has 20 heavy (non-hydrogen) atoms. The molecule has 0 saturated carbocycles. The summed E-state index contributed by atoms with van der Waals surface area (Å²) in [6.07, 6.45) is 6.57. The number of thiazole rings is 1. The fourth-order valence-corrected chi connectivity index (χ4v) is 2.98. The van der Waals surface area contributed by atoms with E-state index in [9.17, 15) is 0 Å². The third-order valence-electron chi connectivity index (χ3n) is 3.30. The quantitative estimate of drug-likeness (QED) is 0.512. The zero-order chi connectivity index (χ0) is 14.6. The Labute approximate surface area is 125 Å². The molecule has 2 N–H and O–H groups in total. The van der Waals surface area contributed by atoms with Crippen LogP contribution in [0.4, 0.5) is 0 Å². The van der Waals surface area contributed by atoms with Gasteiger partial charge in [-0.05, 0) is 12.8 Å². The van der Waals surface area contributed by atoms with E-state index in [4.69, 9.17) is 0 Å². The molecule has 2 rings (SSSR count). The molecule has 1 aromatic heterocycles. The number of hydrogen-bond donors (Lipinski definition) is 2. The van der Waals surface area contributed by atoms with Crippen LogP contribution in [0.3, 0.4) is 0 Å². The average molecular weight is 292 g/mol. The zero-order valence-electron chi connectivity index (χ0n) is 12.7. The van der Waals surface area contributed by atoms with Crippen molar-refractivity contribution in [2.24, 2.45) is 4.99 Å². The van der Waals surface area contributed by atoms with Gasteiger partial charge in [0.25, 0.3) is 0 Å². The van der Waals surface area contributed by atoms with Crippen LogP contribution < -0.4 is 10.6 Å². The highest BCUT2D eigenvalue weighted by atomic mass is 32.1. The summed E-state index contributed by atoms with van der Waals surface area (Å²) < 4.78 is 0. The topological polar surface area (TPSA) is 49.3 Å². The van der Waals surface area contributed by atoms with Gasteiger partial charge >= 0.3 is 0 Å². The van der Waals surface area contributed by atoms with Crippen LogP contribution in [-0.2, 0) is 12.0 Å². The third-order valence-corrected chi connectivity index (χ3v) is 4.15. The lowest BCUT2D eigenvalue weighted by Gasteiger charge is -2.16. The number of aromatic nitrogens is 1. The van der Waals surface area contributed by atoms with Gasteiger partial charge in [-0.1, -0.05) is 32.9 Å². The van der Waals surface area contributed by atoms with Gasteiger partial charge in [-0.3, -0.25) is 4.99 Å². The molecule has 1 heterocycles. The Balaban J connectivity index is 1.85. The molecule has 1 aromatic rings. The van der Waals surface area contributed by atoms with Crippen molar-refractivity contribution in [2.75, 3.05) is 7.05 Å². The predicted octanol–water partition coefficient (Wildman–Crippen LogP) is 2.82. The minimum Gasteiger partial charge on any atom is -0.353 e. The van der Waals surface area contributed by atoms with Crippen LogP contribution in [-0.4, -0.2) is 24.0 Å². The Morgan fingerprint density at radius 3 is 2.65 bits per heavy atom. The first-order valence-electron chi connectivity index (χ1n) is 7.06. The molecule has 0 unspecified atom stereocenters. The molecule has 0 aromatic carbocycles. The molecule has 0 fully saturated rings. The highest BCUT2D eigenvalue weighted by Gasteiger charge is 2.17. The number of guanidine groups is 1. The van der Waals surface area contributed by atoms with E-state index in [1.165, 1.54) is 0 Å². The molecule has 0 spiro atoms. The lowest BCUT2D eigenvalue weighted by Crippen LogP contribution is -2.42. The first kappa shape index (κ1) is 15.0. The Kier molecular flexibility index (Phi) is 4.81. The Morgan fingerprint density at radius 1 is 1.40 bits per heavy atom. The number of nitrogens with one attached hydrogen (secondary N) is 2.